The minimum absolute atomic E-state index is 0.836. The molecule has 1 aromatic heterocycles. The van der Waals surface area contributed by atoms with Gasteiger partial charge in [0.1, 0.15) is 5.82 Å². The van der Waals surface area contributed by atoms with Crippen molar-refractivity contribution in [3.8, 4) is 0 Å². The van der Waals surface area contributed by atoms with E-state index in [4.69, 9.17) is 5.41 Å². The quantitative estimate of drug-likeness (QED) is 0.621. The normalized spacial score (nSPS) is 6.92. The number of imidazole rings is 1. The summed E-state index contributed by atoms with van der Waals surface area (Å²) in [7, 11) is 0. The average Bonchev–Trinajstić information content (AvgIpc) is 2.58. The zero-order valence-corrected chi connectivity index (χ0v) is 8.02. The molecule has 1 heterocycles. The predicted molar refractivity (Wildman–Crippen MR) is 54.6 cm³/mol. The van der Waals surface area contributed by atoms with Crippen molar-refractivity contribution in [3.05, 3.63) is 24.3 Å². The monoisotopic (exact) mass is 167 g/mol. The first kappa shape index (κ1) is 13.2. The summed E-state index contributed by atoms with van der Waals surface area (Å²) in [5, 5.41) is 5.50. The molecule has 2 N–H and O–H groups in total. The highest BCUT2D eigenvalue weighted by Crippen LogP contribution is 1.93. The van der Waals surface area contributed by atoms with Gasteiger partial charge in [-0.1, -0.05) is 20.4 Å². The van der Waals surface area contributed by atoms with Gasteiger partial charge < -0.3 is 10.4 Å². The number of aryl methyl sites for hydroxylation is 1. The lowest BCUT2D eigenvalue weighted by Crippen LogP contribution is -1.71. The number of nitrogens with zero attached hydrogens (tertiary/aromatic N) is 1. The highest BCUT2D eigenvalue weighted by Gasteiger charge is 1.86. The van der Waals surface area contributed by atoms with Gasteiger partial charge in [-0.05, 0) is 19.7 Å². The van der Waals surface area contributed by atoms with Crippen molar-refractivity contribution in [2.45, 2.75) is 20.8 Å². The van der Waals surface area contributed by atoms with Crippen LogP contribution in [0, 0.1) is 12.3 Å². The number of hydrogen-bond donors (Lipinski definition) is 2. The van der Waals surface area contributed by atoms with Crippen molar-refractivity contribution in [1.29, 1.82) is 5.41 Å². The average molecular weight is 167 g/mol. The summed E-state index contributed by atoms with van der Waals surface area (Å²) in [5.74, 6) is 0.836. The third-order valence-electron chi connectivity index (χ3n) is 0.916. The topological polar surface area (TPSA) is 52.5 Å². The molecule has 0 unspecified atom stereocenters. The summed E-state index contributed by atoms with van der Waals surface area (Å²) in [6.45, 7) is 12.0. The summed E-state index contributed by atoms with van der Waals surface area (Å²) in [4.78, 5) is 6.96. The highest BCUT2D eigenvalue weighted by molar-refractivity contribution is 5.35. The molecular weight excluding hydrogens is 150 g/mol. The van der Waals surface area contributed by atoms with Gasteiger partial charge in [0, 0.05) is 11.9 Å². The molecule has 0 fully saturated rings. The molecule has 68 valence electrons. The van der Waals surface area contributed by atoms with E-state index in [-0.39, 0.29) is 0 Å². The number of H-pyrrole nitrogens is 1. The Morgan fingerprint density at radius 1 is 1.50 bits per heavy atom. The number of nitrogens with one attached hydrogen (secondary N) is 2. The first-order valence-corrected chi connectivity index (χ1v) is 3.82. The van der Waals surface area contributed by atoms with Crippen LogP contribution >= 0.6 is 0 Å². The molecule has 0 saturated carbocycles. The van der Waals surface area contributed by atoms with E-state index >= 15 is 0 Å². The minimum atomic E-state index is 0.836. The van der Waals surface area contributed by atoms with Crippen LogP contribution in [0.1, 0.15) is 25.4 Å². The Bertz CT molecular complexity index is 203. The van der Waals surface area contributed by atoms with Gasteiger partial charge in [-0.25, -0.2) is 4.98 Å². The van der Waals surface area contributed by atoms with Crippen LogP contribution in [-0.2, 0) is 0 Å². The molecule has 1 rings (SSSR count). The van der Waals surface area contributed by atoms with Gasteiger partial charge in [-0.2, -0.15) is 0 Å². The molecule has 3 heteroatoms. The molecule has 12 heavy (non-hydrogen) atoms. The lowest BCUT2D eigenvalue weighted by Gasteiger charge is -1.77. The summed E-state index contributed by atoms with van der Waals surface area (Å²) < 4.78 is 0. The van der Waals surface area contributed by atoms with Gasteiger partial charge in [0.25, 0.3) is 0 Å². The lowest BCUT2D eigenvalue weighted by atomic mass is 10.6. The van der Waals surface area contributed by atoms with Crippen LogP contribution in [0.3, 0.4) is 0 Å². The first-order valence-electron chi connectivity index (χ1n) is 3.82. The molecule has 0 atom stereocenters. The van der Waals surface area contributed by atoms with Crippen LogP contribution < -0.4 is 0 Å². The molecule has 0 bridgehead atoms. The maximum Gasteiger partial charge on any atom is 0.129 e. The van der Waals surface area contributed by atoms with E-state index in [0.29, 0.717) is 0 Å². The fourth-order valence-electron chi connectivity index (χ4n) is 0.537. The third kappa shape index (κ3) is 5.41. The summed E-state index contributed by atoms with van der Waals surface area (Å²) in [5.41, 5.74) is 1.07. The van der Waals surface area contributed by atoms with Gasteiger partial charge in [0.2, 0.25) is 0 Å². The van der Waals surface area contributed by atoms with Crippen molar-refractivity contribution in [1.82, 2.24) is 9.97 Å². The van der Waals surface area contributed by atoms with Crippen molar-refractivity contribution in [2.24, 2.45) is 0 Å². The number of hydrogen-bond acceptors (Lipinski definition) is 2. The smallest absolute Gasteiger partial charge is 0.129 e. The summed E-state index contributed by atoms with van der Waals surface area (Å²) in [6, 6.07) is 0. The standard InChI is InChI=1S/C6H8N2.C2H6.CH3N/c1-3-6-7-4-5(2)8-6;2*1-2/h3-4H,1H2,2H3,(H,7,8);1-2H3;2H,1H2. The fourth-order valence-corrected chi connectivity index (χ4v) is 0.537. The van der Waals surface area contributed by atoms with Gasteiger partial charge in [-0.15, -0.1) is 0 Å². The Kier molecular flexibility index (Phi) is 10.6. The van der Waals surface area contributed by atoms with Crippen molar-refractivity contribution in [2.75, 3.05) is 0 Å². The van der Waals surface area contributed by atoms with E-state index in [1.165, 1.54) is 0 Å². The first-order chi connectivity index (χ1) is 5.83. The Morgan fingerprint density at radius 3 is 2.17 bits per heavy atom. The predicted octanol–water partition coefficient (Wildman–Crippen LogP) is 2.65. The third-order valence-corrected chi connectivity index (χ3v) is 0.916. The highest BCUT2D eigenvalue weighted by atomic mass is 14.9. The lowest BCUT2D eigenvalue weighted by molar-refractivity contribution is 1.22. The van der Waals surface area contributed by atoms with Crippen LogP contribution in [0.4, 0.5) is 0 Å². The second kappa shape index (κ2) is 9.62. The summed E-state index contributed by atoms with van der Waals surface area (Å²) >= 11 is 0. The zero-order valence-electron chi connectivity index (χ0n) is 8.02. The van der Waals surface area contributed by atoms with Gasteiger partial charge in [0.05, 0.1) is 0 Å². The Balaban J connectivity index is 0. The van der Waals surface area contributed by atoms with E-state index in [2.05, 4.69) is 23.3 Å². The van der Waals surface area contributed by atoms with Crippen LogP contribution in [0.2, 0.25) is 0 Å². The van der Waals surface area contributed by atoms with E-state index in [1.54, 1.807) is 12.3 Å². The van der Waals surface area contributed by atoms with E-state index in [1.807, 2.05) is 20.8 Å². The largest absolute Gasteiger partial charge is 0.343 e. The van der Waals surface area contributed by atoms with E-state index < -0.39 is 0 Å². The molecule has 0 amide bonds. The second-order valence-corrected chi connectivity index (χ2v) is 1.66. The van der Waals surface area contributed by atoms with Gasteiger partial charge in [0.15, 0.2) is 0 Å². The van der Waals surface area contributed by atoms with Crippen molar-refractivity contribution >= 4 is 12.8 Å². The molecule has 0 aliphatic carbocycles. The number of aromatic amines is 1. The molecular formula is C9H17N3. The molecule has 1 aromatic rings. The molecule has 0 radical (unpaired) electrons. The van der Waals surface area contributed by atoms with Crippen molar-refractivity contribution < 1.29 is 0 Å². The molecule has 3 nitrogen and oxygen atoms in total. The second-order valence-electron chi connectivity index (χ2n) is 1.66. The molecule has 0 spiro atoms. The Morgan fingerprint density at radius 2 is 2.00 bits per heavy atom. The molecule has 0 aromatic carbocycles. The number of aromatic nitrogens is 2. The van der Waals surface area contributed by atoms with Crippen molar-refractivity contribution in [3.63, 3.8) is 0 Å². The maximum absolute atomic E-state index is 5.50. The molecule has 0 aliphatic rings. The summed E-state index contributed by atoms with van der Waals surface area (Å²) in [6.07, 6.45) is 3.46. The SMILES string of the molecule is C=Cc1ncc(C)[nH]1.C=N.CC. The van der Waals surface area contributed by atoms with E-state index in [0.717, 1.165) is 11.5 Å². The van der Waals surface area contributed by atoms with Gasteiger partial charge >= 0.3 is 0 Å². The molecule has 0 aliphatic heterocycles. The molecule has 0 saturated heterocycles. The Hall–Kier alpha value is -1.38. The van der Waals surface area contributed by atoms with Crippen LogP contribution in [-0.4, -0.2) is 16.7 Å². The maximum atomic E-state index is 5.50. The minimum Gasteiger partial charge on any atom is -0.343 e. The van der Waals surface area contributed by atoms with Gasteiger partial charge in [-0.3, -0.25) is 0 Å². The fraction of sp³-hybridized carbons (Fsp3) is 0.333. The van der Waals surface area contributed by atoms with Crippen LogP contribution in [0.5, 0.6) is 0 Å². The Labute approximate surface area is 74.1 Å². The number of rotatable bonds is 1. The van der Waals surface area contributed by atoms with E-state index in [9.17, 15) is 0 Å². The van der Waals surface area contributed by atoms with Crippen LogP contribution in [0.25, 0.3) is 6.08 Å². The van der Waals surface area contributed by atoms with Crippen LogP contribution in [0.15, 0.2) is 12.8 Å². The zero-order chi connectivity index (χ0) is 9.98.